The molecule has 76 heavy (non-hydrogen) atoms. The van der Waals surface area contributed by atoms with Gasteiger partial charge in [-0.05, 0) is 93.8 Å². The molecule has 0 amide bonds. The number of anilines is 8. The highest BCUT2D eigenvalue weighted by molar-refractivity contribution is 6.00. The molecule has 0 saturated carbocycles. The lowest BCUT2D eigenvalue weighted by atomic mass is 9.86. The summed E-state index contributed by atoms with van der Waals surface area (Å²) in [5.74, 6) is 0.332. The summed E-state index contributed by atoms with van der Waals surface area (Å²) in [7, 11) is 0. The van der Waals surface area contributed by atoms with Crippen LogP contribution in [0.1, 0.15) is 34.6 Å². The van der Waals surface area contributed by atoms with Crippen molar-refractivity contribution in [3.05, 3.63) is 266 Å². The molecular formula is C70H53N3O3. The van der Waals surface area contributed by atoms with Gasteiger partial charge in [0.25, 0.3) is 0 Å². The molecule has 0 unspecified atom stereocenters. The number of benzene rings is 11. The molecule has 2 aliphatic rings. The van der Waals surface area contributed by atoms with Crippen molar-refractivity contribution >= 4 is 45.5 Å². The van der Waals surface area contributed by atoms with Crippen molar-refractivity contribution in [3.8, 4) is 79.0 Å². The standard InChI is InChI=1S/C70H53N3O3/c1-70(2,3)51-39-52(71-68-60(47-21-8-4-9-22-47)31-19-32-61(68)48-23-10-5-11-24-48)41-53(40-51)72(69-62(49-25-12-6-13-26-49)33-20-34-63(69)50-27-14-7-15-28-50)54-42-55-44-59(43-54)75-57-30-18-29-56(45-57)74-58-37-38-67-65(46-58)73(55)64-35-16-17-36-66(64)76-67/h4-46,71H,1-3H3/i18D,29D,30D,37D,38D,42D. The maximum absolute atomic E-state index is 10.9. The second kappa shape index (κ2) is 19.2. The van der Waals surface area contributed by atoms with Crippen LogP contribution in [0.15, 0.2) is 261 Å². The first-order chi connectivity index (χ1) is 39.8. The Hall–Kier alpha value is -9.78. The molecule has 0 spiro atoms. The SMILES string of the molecule is [2H]c1c2cc(cc1N(c1cc(Nc3c(-c4ccccc4)cccc3-c3ccccc3)cc(C(C)(C)C)c1)c1c(-c3ccccc3)cccc1-c1ccccc1)Oc1cc(c([2H])c([2H])c1[2H])Oc1cc3c(c([2H])c1[2H])Oc1ccccc1N23. The Labute approximate surface area is 452 Å². The molecule has 366 valence electrons. The maximum atomic E-state index is 10.9. The van der Waals surface area contributed by atoms with E-state index in [2.05, 4.69) is 158 Å². The number of ether oxygens (including phenoxy) is 3. The Morgan fingerprint density at radius 3 is 1.58 bits per heavy atom. The molecule has 1 N–H and O–H groups in total. The summed E-state index contributed by atoms with van der Waals surface area (Å²) >= 11 is 0. The molecule has 0 radical (unpaired) electrons. The second-order valence-corrected chi connectivity index (χ2v) is 19.8. The molecule has 0 aliphatic carbocycles. The van der Waals surface area contributed by atoms with Crippen molar-refractivity contribution in [2.75, 3.05) is 15.1 Å². The molecule has 6 bridgehead atoms. The number of nitrogens with one attached hydrogen (secondary N) is 1. The summed E-state index contributed by atoms with van der Waals surface area (Å²) in [6.45, 7) is 6.57. The van der Waals surface area contributed by atoms with E-state index in [0.29, 0.717) is 34.2 Å². The third-order valence-corrected chi connectivity index (χ3v) is 13.7. The lowest BCUT2D eigenvalue weighted by molar-refractivity contribution is 0.454. The van der Waals surface area contributed by atoms with Gasteiger partial charge >= 0.3 is 0 Å². The fourth-order valence-corrected chi connectivity index (χ4v) is 10.1. The predicted octanol–water partition coefficient (Wildman–Crippen LogP) is 20.3. The van der Waals surface area contributed by atoms with Crippen LogP contribution in [0.5, 0.6) is 34.5 Å². The summed E-state index contributed by atoms with van der Waals surface area (Å²) in [6, 6.07) is 72.4. The molecule has 11 aromatic carbocycles. The molecule has 2 heterocycles. The van der Waals surface area contributed by atoms with Crippen LogP contribution >= 0.6 is 0 Å². The lowest BCUT2D eigenvalue weighted by Crippen LogP contribution is -2.18. The number of hydrogen-bond donors (Lipinski definition) is 1. The van der Waals surface area contributed by atoms with Gasteiger partial charge < -0.3 is 29.3 Å². The topological polar surface area (TPSA) is 46.2 Å². The third-order valence-electron chi connectivity index (χ3n) is 13.7. The van der Waals surface area contributed by atoms with Crippen LogP contribution < -0.4 is 29.3 Å². The predicted molar refractivity (Wildman–Crippen MR) is 313 cm³/mol. The molecule has 0 fully saturated rings. The van der Waals surface area contributed by atoms with E-state index in [0.717, 1.165) is 67.1 Å². The zero-order valence-corrected chi connectivity index (χ0v) is 42.0. The minimum atomic E-state index is -0.453. The zero-order valence-electron chi connectivity index (χ0n) is 48.0. The highest BCUT2D eigenvalue weighted by Gasteiger charge is 2.31. The van der Waals surface area contributed by atoms with E-state index >= 15 is 0 Å². The number of rotatable bonds is 9. The van der Waals surface area contributed by atoms with Crippen molar-refractivity contribution in [3.63, 3.8) is 0 Å². The van der Waals surface area contributed by atoms with Crippen LogP contribution in [0.4, 0.5) is 45.5 Å². The van der Waals surface area contributed by atoms with Gasteiger partial charge in [-0.2, -0.15) is 0 Å². The first-order valence-electron chi connectivity index (χ1n) is 28.3. The molecule has 6 heteroatoms. The lowest BCUT2D eigenvalue weighted by Gasteiger charge is -2.36. The number of hydrogen-bond acceptors (Lipinski definition) is 6. The van der Waals surface area contributed by atoms with Gasteiger partial charge in [0, 0.05) is 57.9 Å². The molecule has 0 aromatic heterocycles. The Morgan fingerprint density at radius 1 is 0.434 bits per heavy atom. The van der Waals surface area contributed by atoms with Gasteiger partial charge in [0.2, 0.25) is 0 Å². The summed E-state index contributed by atoms with van der Waals surface area (Å²) < 4.78 is 76.4. The zero-order chi connectivity index (χ0) is 56.4. The summed E-state index contributed by atoms with van der Waals surface area (Å²) in [5, 5.41) is 4.00. The maximum Gasteiger partial charge on any atom is 0.151 e. The van der Waals surface area contributed by atoms with Crippen LogP contribution in [0.25, 0.3) is 44.5 Å². The highest BCUT2D eigenvalue weighted by Crippen LogP contribution is 2.55. The van der Waals surface area contributed by atoms with Crippen LogP contribution in [0.3, 0.4) is 0 Å². The van der Waals surface area contributed by atoms with E-state index in [-0.39, 0.29) is 59.0 Å². The molecular weight excluding hydrogens is 931 g/mol. The minimum absolute atomic E-state index is 0.0452. The first kappa shape index (κ1) is 39.7. The van der Waals surface area contributed by atoms with Gasteiger partial charge in [-0.1, -0.05) is 197 Å². The van der Waals surface area contributed by atoms with Crippen LogP contribution in [-0.2, 0) is 5.41 Å². The largest absolute Gasteiger partial charge is 0.457 e. The molecule has 6 nitrogen and oxygen atoms in total. The van der Waals surface area contributed by atoms with E-state index in [4.69, 9.17) is 17.0 Å². The first-order valence-corrected chi connectivity index (χ1v) is 25.3. The highest BCUT2D eigenvalue weighted by atomic mass is 16.5. The van der Waals surface area contributed by atoms with Crippen molar-refractivity contribution in [2.24, 2.45) is 0 Å². The van der Waals surface area contributed by atoms with E-state index < -0.39 is 11.5 Å². The quantitative estimate of drug-likeness (QED) is 0.155. The number of para-hydroxylation sites is 4. The smallest absolute Gasteiger partial charge is 0.151 e. The van der Waals surface area contributed by atoms with Gasteiger partial charge in [0.05, 0.1) is 42.3 Å². The molecule has 0 atom stereocenters. The van der Waals surface area contributed by atoms with Crippen molar-refractivity contribution in [2.45, 2.75) is 26.2 Å². The van der Waals surface area contributed by atoms with Crippen LogP contribution in [0.2, 0.25) is 0 Å². The average molecular weight is 990 g/mol. The van der Waals surface area contributed by atoms with E-state index in [1.54, 1.807) is 24.3 Å². The van der Waals surface area contributed by atoms with Crippen molar-refractivity contribution < 1.29 is 22.4 Å². The van der Waals surface area contributed by atoms with E-state index in [9.17, 15) is 5.48 Å². The average Bonchev–Trinajstić information content (AvgIpc) is 3.00. The van der Waals surface area contributed by atoms with E-state index in [1.165, 1.54) is 6.07 Å². The van der Waals surface area contributed by atoms with Gasteiger partial charge in [-0.3, -0.25) is 0 Å². The van der Waals surface area contributed by atoms with Gasteiger partial charge in [0.15, 0.2) is 11.5 Å². The van der Waals surface area contributed by atoms with Crippen molar-refractivity contribution in [1.29, 1.82) is 0 Å². The van der Waals surface area contributed by atoms with E-state index in [1.807, 2.05) is 71.6 Å². The Balaban J connectivity index is 1.15. The summed E-state index contributed by atoms with van der Waals surface area (Å²) in [5.41, 5.74) is 13.0. The van der Waals surface area contributed by atoms with Crippen LogP contribution in [-0.4, -0.2) is 0 Å². The normalized spacial score (nSPS) is 13.3. The summed E-state index contributed by atoms with van der Waals surface area (Å²) in [6.07, 6.45) is 0. The number of fused-ring (bicyclic) bond motifs is 8. The Kier molecular flexibility index (Phi) is 10.1. The molecule has 2 aliphatic heterocycles. The minimum Gasteiger partial charge on any atom is -0.457 e. The third kappa shape index (κ3) is 8.86. The van der Waals surface area contributed by atoms with Crippen LogP contribution in [0, 0.1) is 0 Å². The Morgan fingerprint density at radius 2 is 0.974 bits per heavy atom. The monoisotopic (exact) mass is 989 g/mol. The van der Waals surface area contributed by atoms with Gasteiger partial charge in [-0.15, -0.1) is 0 Å². The summed E-state index contributed by atoms with van der Waals surface area (Å²) in [4.78, 5) is 3.97. The second-order valence-electron chi connectivity index (χ2n) is 19.8. The Bertz CT molecular complexity index is 4180. The molecule has 11 aromatic rings. The van der Waals surface area contributed by atoms with Gasteiger partial charge in [0.1, 0.15) is 23.0 Å². The molecule has 13 rings (SSSR count). The van der Waals surface area contributed by atoms with Crippen molar-refractivity contribution in [1.82, 2.24) is 0 Å². The molecule has 0 saturated heterocycles. The fraction of sp³-hybridized carbons (Fsp3) is 0.0571. The fourth-order valence-electron chi connectivity index (χ4n) is 10.1. The van der Waals surface area contributed by atoms with Gasteiger partial charge in [-0.25, -0.2) is 0 Å². The number of nitrogens with zero attached hydrogens (tertiary/aromatic N) is 2.